The van der Waals surface area contributed by atoms with Crippen molar-refractivity contribution in [3.05, 3.63) is 34.3 Å². The average Bonchev–Trinajstić information content (AvgIpc) is 3.30. The normalized spacial score (nSPS) is 16.7. The summed E-state index contributed by atoms with van der Waals surface area (Å²) < 4.78 is 25.6. The minimum atomic E-state index is -3.11. The molecule has 134 valence electrons. The number of aliphatic imine (C=N–C) groups is 1. The summed E-state index contributed by atoms with van der Waals surface area (Å²) in [7, 11) is -1.37. The number of hydrogen-bond acceptors (Lipinski definition) is 3. The van der Waals surface area contributed by atoms with E-state index >= 15 is 0 Å². The topological polar surface area (TPSA) is 82.6 Å². The summed E-state index contributed by atoms with van der Waals surface area (Å²) in [6, 6.07) is 8.47. The first kappa shape index (κ1) is 19.2. The fraction of sp³-hybridized carbons (Fsp3) is 0.562. The van der Waals surface area contributed by atoms with E-state index in [1.807, 2.05) is 6.07 Å². The maximum Gasteiger partial charge on any atom is 0.208 e. The molecule has 1 aromatic carbocycles. The standard InChI is InChI=1S/C16H25BrN4O2S/c1-18-15(19-9-4-10-21-24(2,22)23)20-12-16(7-8-16)13-5-3-6-14(17)11-13/h3,5-6,11,21H,4,7-10,12H2,1-2H3,(H2,18,19,20). The average molecular weight is 417 g/mol. The van der Waals surface area contributed by atoms with Gasteiger partial charge >= 0.3 is 0 Å². The lowest BCUT2D eigenvalue weighted by molar-refractivity contribution is 0.584. The Morgan fingerprint density at radius 2 is 2.04 bits per heavy atom. The highest BCUT2D eigenvalue weighted by Gasteiger charge is 2.44. The van der Waals surface area contributed by atoms with E-state index in [0.717, 1.165) is 23.2 Å². The summed E-state index contributed by atoms with van der Waals surface area (Å²) in [6.07, 6.45) is 4.21. The minimum Gasteiger partial charge on any atom is -0.356 e. The molecule has 0 heterocycles. The van der Waals surface area contributed by atoms with Gasteiger partial charge in [0, 0.05) is 36.6 Å². The third-order valence-electron chi connectivity index (χ3n) is 4.12. The van der Waals surface area contributed by atoms with Gasteiger partial charge in [-0.25, -0.2) is 13.1 Å². The van der Waals surface area contributed by atoms with Gasteiger partial charge in [0.25, 0.3) is 0 Å². The Bertz CT molecular complexity index is 687. The van der Waals surface area contributed by atoms with Crippen molar-refractivity contribution in [2.24, 2.45) is 4.99 Å². The van der Waals surface area contributed by atoms with Gasteiger partial charge < -0.3 is 10.6 Å². The van der Waals surface area contributed by atoms with Crippen molar-refractivity contribution in [1.29, 1.82) is 0 Å². The molecule has 8 heteroatoms. The van der Waals surface area contributed by atoms with Gasteiger partial charge in [0.1, 0.15) is 0 Å². The molecule has 0 atom stereocenters. The Morgan fingerprint density at radius 1 is 1.29 bits per heavy atom. The Labute approximate surface area is 152 Å². The van der Waals surface area contributed by atoms with Crippen LogP contribution in [-0.2, 0) is 15.4 Å². The molecule has 0 aromatic heterocycles. The zero-order chi connectivity index (χ0) is 17.6. The van der Waals surface area contributed by atoms with Crippen LogP contribution in [0.2, 0.25) is 0 Å². The fourth-order valence-electron chi connectivity index (χ4n) is 2.56. The highest BCUT2D eigenvalue weighted by Crippen LogP contribution is 2.48. The molecular weight excluding hydrogens is 392 g/mol. The second-order valence-corrected chi connectivity index (χ2v) is 8.91. The molecule has 1 saturated carbocycles. The summed E-state index contributed by atoms with van der Waals surface area (Å²) in [4.78, 5) is 4.22. The minimum absolute atomic E-state index is 0.194. The van der Waals surface area contributed by atoms with Crippen LogP contribution in [0, 0.1) is 0 Å². The van der Waals surface area contributed by atoms with Crippen LogP contribution in [0.3, 0.4) is 0 Å². The van der Waals surface area contributed by atoms with Crippen molar-refractivity contribution in [2.75, 3.05) is 32.9 Å². The molecule has 0 aliphatic heterocycles. The van der Waals surface area contributed by atoms with Crippen molar-refractivity contribution < 1.29 is 8.42 Å². The van der Waals surface area contributed by atoms with E-state index in [-0.39, 0.29) is 5.41 Å². The van der Waals surface area contributed by atoms with Crippen LogP contribution in [0.15, 0.2) is 33.7 Å². The Kier molecular flexibility index (Phi) is 6.65. The molecule has 0 saturated heterocycles. The molecule has 1 aromatic rings. The summed E-state index contributed by atoms with van der Waals surface area (Å²) in [5, 5.41) is 6.60. The van der Waals surface area contributed by atoms with E-state index in [1.54, 1.807) is 7.05 Å². The molecule has 0 spiro atoms. The SMILES string of the molecule is CN=C(NCCCNS(C)(=O)=O)NCC1(c2cccc(Br)c2)CC1. The number of guanidine groups is 1. The summed E-state index contributed by atoms with van der Waals surface area (Å²) in [5.41, 5.74) is 1.54. The Hall–Kier alpha value is -1.12. The van der Waals surface area contributed by atoms with Crippen molar-refractivity contribution >= 4 is 31.9 Å². The number of nitrogens with zero attached hydrogens (tertiary/aromatic N) is 1. The molecule has 24 heavy (non-hydrogen) atoms. The molecule has 0 unspecified atom stereocenters. The quantitative estimate of drug-likeness (QED) is 0.341. The van der Waals surface area contributed by atoms with Crippen molar-refractivity contribution in [3.8, 4) is 0 Å². The van der Waals surface area contributed by atoms with Gasteiger partial charge in [-0.3, -0.25) is 4.99 Å². The van der Waals surface area contributed by atoms with E-state index in [0.29, 0.717) is 19.5 Å². The maximum absolute atomic E-state index is 11.0. The lowest BCUT2D eigenvalue weighted by atomic mass is 9.96. The second kappa shape index (κ2) is 8.31. The molecule has 0 bridgehead atoms. The predicted octanol–water partition coefficient (Wildman–Crippen LogP) is 1.59. The molecule has 0 amide bonds. The fourth-order valence-corrected chi connectivity index (χ4v) is 3.48. The highest BCUT2D eigenvalue weighted by atomic mass is 79.9. The van der Waals surface area contributed by atoms with Crippen LogP contribution in [0.4, 0.5) is 0 Å². The van der Waals surface area contributed by atoms with Crippen LogP contribution in [0.5, 0.6) is 0 Å². The van der Waals surface area contributed by atoms with Gasteiger partial charge in [-0.15, -0.1) is 0 Å². The third-order valence-corrected chi connectivity index (χ3v) is 5.34. The first-order valence-corrected chi connectivity index (χ1v) is 10.7. The molecule has 1 aliphatic carbocycles. The molecule has 0 radical (unpaired) electrons. The molecule has 3 N–H and O–H groups in total. The van der Waals surface area contributed by atoms with Crippen LogP contribution >= 0.6 is 15.9 Å². The van der Waals surface area contributed by atoms with E-state index in [2.05, 4.69) is 54.5 Å². The summed E-state index contributed by atoms with van der Waals surface area (Å²) >= 11 is 3.53. The molecule has 1 fully saturated rings. The maximum atomic E-state index is 11.0. The van der Waals surface area contributed by atoms with Gasteiger partial charge in [-0.05, 0) is 37.0 Å². The monoisotopic (exact) mass is 416 g/mol. The predicted molar refractivity (Wildman–Crippen MR) is 102 cm³/mol. The Morgan fingerprint density at radius 3 is 2.62 bits per heavy atom. The number of benzene rings is 1. The van der Waals surface area contributed by atoms with E-state index in [9.17, 15) is 8.42 Å². The van der Waals surface area contributed by atoms with Crippen LogP contribution in [0.1, 0.15) is 24.8 Å². The first-order chi connectivity index (χ1) is 11.3. The van der Waals surface area contributed by atoms with Gasteiger partial charge in [0.15, 0.2) is 5.96 Å². The number of halogens is 1. The number of nitrogens with one attached hydrogen (secondary N) is 3. The Balaban J connectivity index is 1.76. The van der Waals surface area contributed by atoms with Gasteiger partial charge in [-0.2, -0.15) is 0 Å². The molecule has 1 aliphatic rings. The van der Waals surface area contributed by atoms with E-state index in [4.69, 9.17) is 0 Å². The zero-order valence-corrected chi connectivity index (χ0v) is 16.5. The second-order valence-electron chi connectivity index (χ2n) is 6.16. The number of rotatable bonds is 8. The summed E-state index contributed by atoms with van der Waals surface area (Å²) in [6.45, 7) is 1.92. The van der Waals surface area contributed by atoms with Crippen molar-refractivity contribution in [3.63, 3.8) is 0 Å². The van der Waals surface area contributed by atoms with Gasteiger partial charge in [0.05, 0.1) is 6.26 Å². The lowest BCUT2D eigenvalue weighted by Gasteiger charge is -2.19. The van der Waals surface area contributed by atoms with Crippen molar-refractivity contribution in [2.45, 2.75) is 24.7 Å². The molecular formula is C16H25BrN4O2S. The van der Waals surface area contributed by atoms with E-state index < -0.39 is 10.0 Å². The molecule has 6 nitrogen and oxygen atoms in total. The lowest BCUT2D eigenvalue weighted by Crippen LogP contribution is -2.42. The third kappa shape index (κ3) is 6.07. The van der Waals surface area contributed by atoms with Crippen molar-refractivity contribution in [1.82, 2.24) is 15.4 Å². The first-order valence-electron chi connectivity index (χ1n) is 8.00. The number of hydrogen-bond donors (Lipinski definition) is 3. The molecule has 2 rings (SSSR count). The van der Waals surface area contributed by atoms with E-state index in [1.165, 1.54) is 18.4 Å². The largest absolute Gasteiger partial charge is 0.356 e. The zero-order valence-electron chi connectivity index (χ0n) is 14.1. The van der Waals surface area contributed by atoms with Gasteiger partial charge in [0.2, 0.25) is 10.0 Å². The van der Waals surface area contributed by atoms with Crippen LogP contribution in [-0.4, -0.2) is 47.3 Å². The smallest absolute Gasteiger partial charge is 0.208 e. The van der Waals surface area contributed by atoms with Gasteiger partial charge in [-0.1, -0.05) is 28.1 Å². The van der Waals surface area contributed by atoms with Crippen LogP contribution < -0.4 is 15.4 Å². The summed E-state index contributed by atoms with van der Waals surface area (Å²) in [5.74, 6) is 0.746. The number of sulfonamides is 1. The van der Waals surface area contributed by atoms with Crippen LogP contribution in [0.25, 0.3) is 0 Å². The highest BCUT2D eigenvalue weighted by molar-refractivity contribution is 9.10.